The van der Waals surface area contributed by atoms with E-state index in [-0.39, 0.29) is 11.5 Å². The van der Waals surface area contributed by atoms with Crippen LogP contribution < -0.4 is 14.8 Å². The van der Waals surface area contributed by atoms with Gasteiger partial charge in [0, 0.05) is 11.3 Å². The van der Waals surface area contributed by atoms with E-state index in [9.17, 15) is 14.7 Å². The maximum Gasteiger partial charge on any atom is 0.335 e. The van der Waals surface area contributed by atoms with Gasteiger partial charge in [0.25, 0.3) is 5.91 Å². The third kappa shape index (κ3) is 5.61. The smallest absolute Gasteiger partial charge is 0.335 e. The van der Waals surface area contributed by atoms with Crippen molar-refractivity contribution in [1.82, 2.24) is 0 Å². The number of anilines is 1. The normalized spacial score (nSPS) is 10.4. The Hall–Kier alpha value is -4.58. The van der Waals surface area contributed by atoms with E-state index in [4.69, 9.17) is 9.47 Å². The van der Waals surface area contributed by atoms with Crippen molar-refractivity contribution < 1.29 is 24.2 Å². The van der Waals surface area contributed by atoms with Gasteiger partial charge in [-0.25, -0.2) is 4.79 Å². The molecule has 0 heterocycles. The minimum atomic E-state index is -1.08. The Bertz CT molecular complexity index is 1300. The molecule has 0 spiro atoms. The summed E-state index contributed by atoms with van der Waals surface area (Å²) in [6.07, 6.45) is 0. The molecular formula is C28H23NO5. The SMILES string of the molecule is CCOc1ccc(-c2cc(NC(=O)c3cccc(Oc4ccccc4)c3)cc(C(=O)O)c2)cc1. The summed E-state index contributed by atoms with van der Waals surface area (Å²) in [7, 11) is 0. The van der Waals surface area contributed by atoms with Crippen molar-refractivity contribution in [1.29, 1.82) is 0 Å². The van der Waals surface area contributed by atoms with Gasteiger partial charge in [0.15, 0.2) is 0 Å². The van der Waals surface area contributed by atoms with E-state index in [0.29, 0.717) is 34.9 Å². The van der Waals surface area contributed by atoms with Gasteiger partial charge in [-0.05, 0) is 78.7 Å². The lowest BCUT2D eigenvalue weighted by atomic mass is 10.0. The summed E-state index contributed by atoms with van der Waals surface area (Å²) in [6.45, 7) is 2.46. The van der Waals surface area contributed by atoms with Crippen molar-refractivity contribution in [3.05, 3.63) is 108 Å². The minimum absolute atomic E-state index is 0.0721. The number of benzene rings is 4. The van der Waals surface area contributed by atoms with Gasteiger partial charge in [0.2, 0.25) is 0 Å². The fraction of sp³-hybridized carbons (Fsp3) is 0.0714. The highest BCUT2D eigenvalue weighted by atomic mass is 16.5. The van der Waals surface area contributed by atoms with E-state index in [0.717, 1.165) is 11.3 Å². The highest BCUT2D eigenvalue weighted by Crippen LogP contribution is 2.28. The molecule has 6 nitrogen and oxygen atoms in total. The Morgan fingerprint density at radius 2 is 1.47 bits per heavy atom. The minimum Gasteiger partial charge on any atom is -0.494 e. The lowest BCUT2D eigenvalue weighted by molar-refractivity contribution is 0.0696. The summed E-state index contributed by atoms with van der Waals surface area (Å²) in [4.78, 5) is 24.6. The summed E-state index contributed by atoms with van der Waals surface area (Å²) < 4.78 is 11.3. The van der Waals surface area contributed by atoms with Crippen LogP contribution in [0.1, 0.15) is 27.6 Å². The maximum atomic E-state index is 12.9. The number of carboxylic acids is 1. The first-order chi connectivity index (χ1) is 16.5. The zero-order chi connectivity index (χ0) is 23.9. The highest BCUT2D eigenvalue weighted by molar-refractivity contribution is 6.05. The molecule has 4 aromatic carbocycles. The van der Waals surface area contributed by atoms with E-state index in [2.05, 4.69) is 5.32 Å². The van der Waals surface area contributed by atoms with Gasteiger partial charge in [-0.1, -0.05) is 36.4 Å². The number of carbonyl (C=O) groups is 2. The number of aromatic carboxylic acids is 1. The molecule has 0 bridgehead atoms. The van der Waals surface area contributed by atoms with Crippen molar-refractivity contribution in [3.8, 4) is 28.4 Å². The van der Waals surface area contributed by atoms with Crippen LogP contribution in [0.15, 0.2) is 97.1 Å². The van der Waals surface area contributed by atoms with Gasteiger partial charge in [-0.2, -0.15) is 0 Å². The zero-order valence-corrected chi connectivity index (χ0v) is 18.5. The Morgan fingerprint density at radius 1 is 0.735 bits per heavy atom. The van der Waals surface area contributed by atoms with Crippen LogP contribution in [0.3, 0.4) is 0 Å². The Morgan fingerprint density at radius 3 is 2.18 bits per heavy atom. The molecule has 0 radical (unpaired) electrons. The number of nitrogens with one attached hydrogen (secondary N) is 1. The zero-order valence-electron chi connectivity index (χ0n) is 18.5. The summed E-state index contributed by atoms with van der Waals surface area (Å²) in [6, 6.07) is 28.2. The molecule has 1 amide bonds. The molecule has 0 fully saturated rings. The summed E-state index contributed by atoms with van der Waals surface area (Å²) >= 11 is 0. The van der Waals surface area contributed by atoms with E-state index in [1.807, 2.05) is 61.5 Å². The third-order valence-corrected chi connectivity index (χ3v) is 5.01. The Labute approximate surface area is 197 Å². The first-order valence-electron chi connectivity index (χ1n) is 10.8. The monoisotopic (exact) mass is 453 g/mol. The van der Waals surface area contributed by atoms with Crippen molar-refractivity contribution in [2.75, 3.05) is 11.9 Å². The maximum absolute atomic E-state index is 12.9. The van der Waals surface area contributed by atoms with Gasteiger partial charge >= 0.3 is 5.97 Å². The summed E-state index contributed by atoms with van der Waals surface area (Å²) in [5.41, 5.74) is 2.31. The van der Waals surface area contributed by atoms with Gasteiger partial charge < -0.3 is 19.9 Å². The molecule has 6 heteroatoms. The molecule has 2 N–H and O–H groups in total. The molecule has 34 heavy (non-hydrogen) atoms. The van der Waals surface area contributed by atoms with Crippen LogP contribution in [-0.4, -0.2) is 23.6 Å². The van der Waals surface area contributed by atoms with Crippen molar-refractivity contribution in [3.63, 3.8) is 0 Å². The topological polar surface area (TPSA) is 84.9 Å². The van der Waals surface area contributed by atoms with Gasteiger partial charge in [0.1, 0.15) is 17.2 Å². The number of amides is 1. The van der Waals surface area contributed by atoms with Crippen LogP contribution in [0.5, 0.6) is 17.2 Å². The molecule has 0 unspecified atom stereocenters. The summed E-state index contributed by atoms with van der Waals surface area (Å²) in [5, 5.41) is 12.4. The van der Waals surface area contributed by atoms with Crippen molar-refractivity contribution in [2.45, 2.75) is 6.92 Å². The van der Waals surface area contributed by atoms with Gasteiger partial charge in [-0.3, -0.25) is 4.79 Å². The first-order valence-corrected chi connectivity index (χ1v) is 10.8. The number of para-hydroxylation sites is 1. The van der Waals surface area contributed by atoms with Crippen LogP contribution in [0.2, 0.25) is 0 Å². The van der Waals surface area contributed by atoms with E-state index in [1.54, 1.807) is 36.4 Å². The number of ether oxygens (including phenoxy) is 2. The standard InChI is InChI=1S/C28H23NO5/c1-2-33-24-13-11-19(12-14-24)21-15-22(28(31)32)17-23(16-21)29-27(30)20-7-6-10-26(18-20)34-25-8-4-3-5-9-25/h3-18H,2H2,1H3,(H,29,30)(H,31,32). The first kappa shape index (κ1) is 22.6. The van der Waals surface area contributed by atoms with E-state index in [1.165, 1.54) is 6.07 Å². The van der Waals surface area contributed by atoms with Crippen LogP contribution in [-0.2, 0) is 0 Å². The van der Waals surface area contributed by atoms with Crippen LogP contribution >= 0.6 is 0 Å². The summed E-state index contributed by atoms with van der Waals surface area (Å²) in [5.74, 6) is 0.453. The average molecular weight is 453 g/mol. The second-order valence-corrected chi connectivity index (χ2v) is 7.46. The molecular weight excluding hydrogens is 430 g/mol. The average Bonchev–Trinajstić information content (AvgIpc) is 2.85. The number of hydrogen-bond donors (Lipinski definition) is 2. The lowest BCUT2D eigenvalue weighted by Crippen LogP contribution is -2.12. The molecule has 0 aliphatic heterocycles. The number of hydrogen-bond acceptors (Lipinski definition) is 4. The Balaban J connectivity index is 1.57. The van der Waals surface area contributed by atoms with E-state index >= 15 is 0 Å². The van der Waals surface area contributed by atoms with Crippen LogP contribution in [0.25, 0.3) is 11.1 Å². The molecule has 0 aliphatic carbocycles. The molecule has 4 rings (SSSR count). The largest absolute Gasteiger partial charge is 0.494 e. The molecule has 0 atom stereocenters. The van der Waals surface area contributed by atoms with Crippen molar-refractivity contribution >= 4 is 17.6 Å². The third-order valence-electron chi connectivity index (χ3n) is 5.01. The van der Waals surface area contributed by atoms with Gasteiger partial charge in [-0.15, -0.1) is 0 Å². The molecule has 0 aliphatic rings. The number of rotatable bonds is 8. The van der Waals surface area contributed by atoms with Crippen molar-refractivity contribution in [2.24, 2.45) is 0 Å². The second-order valence-electron chi connectivity index (χ2n) is 7.46. The second kappa shape index (κ2) is 10.4. The molecule has 4 aromatic rings. The lowest BCUT2D eigenvalue weighted by Gasteiger charge is -2.11. The number of carbonyl (C=O) groups excluding carboxylic acids is 1. The molecule has 0 aromatic heterocycles. The Kier molecular flexibility index (Phi) is 6.89. The van der Waals surface area contributed by atoms with E-state index < -0.39 is 5.97 Å². The van der Waals surface area contributed by atoms with Crippen LogP contribution in [0.4, 0.5) is 5.69 Å². The predicted octanol–water partition coefficient (Wildman–Crippen LogP) is 6.50. The molecule has 0 saturated carbocycles. The quantitative estimate of drug-likeness (QED) is 0.318. The number of carboxylic acid groups (broad SMARTS) is 1. The van der Waals surface area contributed by atoms with Crippen LogP contribution in [0, 0.1) is 0 Å². The fourth-order valence-corrected chi connectivity index (χ4v) is 3.43. The fourth-order valence-electron chi connectivity index (χ4n) is 3.43. The predicted molar refractivity (Wildman–Crippen MR) is 131 cm³/mol. The van der Waals surface area contributed by atoms with Gasteiger partial charge in [0.05, 0.1) is 12.2 Å². The molecule has 0 saturated heterocycles. The molecule has 170 valence electrons. The highest BCUT2D eigenvalue weighted by Gasteiger charge is 2.13.